The van der Waals surface area contributed by atoms with Gasteiger partial charge in [-0.1, -0.05) is 11.6 Å². The average Bonchev–Trinajstić information content (AvgIpc) is 2.61. The quantitative estimate of drug-likeness (QED) is 0.920. The van der Waals surface area contributed by atoms with E-state index in [1.165, 1.54) is 12.5 Å². The molecule has 1 aliphatic rings. The number of nitrogens with one attached hydrogen (secondary N) is 1. The lowest BCUT2D eigenvalue weighted by Gasteiger charge is -2.34. The molecule has 0 bridgehead atoms. The standard InChI is InChI=1S/C16H25ClFN3/c1-19-15(10-12-9-13(18)5-6-14(12)17)16-11-20(2)7-4-8-21(16)3/h5-6,9,15-16,19H,4,7-8,10-11H2,1-3H3. The van der Waals surface area contributed by atoms with Gasteiger partial charge in [0.25, 0.3) is 0 Å². The Hall–Kier alpha value is -0.680. The summed E-state index contributed by atoms with van der Waals surface area (Å²) >= 11 is 6.22. The van der Waals surface area contributed by atoms with E-state index in [2.05, 4.69) is 29.2 Å². The maximum atomic E-state index is 13.4. The van der Waals surface area contributed by atoms with Crippen molar-refractivity contribution in [1.29, 1.82) is 0 Å². The Morgan fingerprint density at radius 1 is 1.38 bits per heavy atom. The number of halogens is 2. The summed E-state index contributed by atoms with van der Waals surface area (Å²) in [5.41, 5.74) is 0.872. The number of nitrogens with zero attached hydrogens (tertiary/aromatic N) is 2. The molecule has 1 aliphatic heterocycles. The molecule has 1 N–H and O–H groups in total. The summed E-state index contributed by atoms with van der Waals surface area (Å²) in [6.07, 6.45) is 1.91. The maximum absolute atomic E-state index is 13.4. The first-order chi connectivity index (χ1) is 10.0. The van der Waals surface area contributed by atoms with Crippen molar-refractivity contribution < 1.29 is 4.39 Å². The minimum atomic E-state index is -0.226. The predicted molar refractivity (Wildman–Crippen MR) is 86.5 cm³/mol. The molecule has 0 aromatic heterocycles. The highest BCUT2D eigenvalue weighted by Crippen LogP contribution is 2.21. The molecule has 0 saturated carbocycles. The van der Waals surface area contributed by atoms with E-state index in [0.29, 0.717) is 11.1 Å². The number of rotatable bonds is 4. The fourth-order valence-corrected chi connectivity index (χ4v) is 3.30. The molecule has 1 aromatic carbocycles. The zero-order valence-electron chi connectivity index (χ0n) is 13.1. The summed E-state index contributed by atoms with van der Waals surface area (Å²) in [6, 6.07) is 5.23. The highest BCUT2D eigenvalue weighted by atomic mass is 35.5. The molecule has 3 nitrogen and oxygen atoms in total. The van der Waals surface area contributed by atoms with Gasteiger partial charge >= 0.3 is 0 Å². The molecule has 1 saturated heterocycles. The maximum Gasteiger partial charge on any atom is 0.123 e. The van der Waals surface area contributed by atoms with Gasteiger partial charge in [0.2, 0.25) is 0 Å². The zero-order valence-corrected chi connectivity index (χ0v) is 13.8. The van der Waals surface area contributed by atoms with E-state index in [1.54, 1.807) is 12.1 Å². The van der Waals surface area contributed by atoms with E-state index in [1.807, 2.05) is 7.05 Å². The molecule has 2 atom stereocenters. The van der Waals surface area contributed by atoms with Gasteiger partial charge in [0, 0.05) is 23.7 Å². The van der Waals surface area contributed by atoms with Crippen LogP contribution >= 0.6 is 11.6 Å². The van der Waals surface area contributed by atoms with Crippen LogP contribution in [0.25, 0.3) is 0 Å². The van der Waals surface area contributed by atoms with Gasteiger partial charge in [-0.15, -0.1) is 0 Å². The molecular weight excluding hydrogens is 289 g/mol. The topological polar surface area (TPSA) is 18.5 Å². The highest BCUT2D eigenvalue weighted by Gasteiger charge is 2.28. The van der Waals surface area contributed by atoms with Crippen LogP contribution in [0.3, 0.4) is 0 Å². The van der Waals surface area contributed by atoms with Crippen molar-refractivity contribution in [2.24, 2.45) is 0 Å². The molecular formula is C16H25ClFN3. The third-order valence-corrected chi connectivity index (χ3v) is 4.77. The number of likely N-dealkylation sites (N-methyl/N-ethyl adjacent to an activating group) is 3. The molecule has 0 spiro atoms. The summed E-state index contributed by atoms with van der Waals surface area (Å²) in [5, 5.41) is 4.04. The van der Waals surface area contributed by atoms with Crippen LogP contribution in [0.5, 0.6) is 0 Å². The van der Waals surface area contributed by atoms with E-state index in [0.717, 1.165) is 31.6 Å². The van der Waals surface area contributed by atoms with E-state index in [9.17, 15) is 4.39 Å². The van der Waals surface area contributed by atoms with Crippen molar-refractivity contribution >= 4 is 11.6 Å². The van der Waals surface area contributed by atoms with Crippen LogP contribution < -0.4 is 5.32 Å². The summed E-state index contributed by atoms with van der Waals surface area (Å²) in [5.74, 6) is -0.226. The van der Waals surface area contributed by atoms with Crippen molar-refractivity contribution in [1.82, 2.24) is 15.1 Å². The third kappa shape index (κ3) is 4.39. The van der Waals surface area contributed by atoms with Crippen LogP contribution in [-0.4, -0.2) is 62.7 Å². The number of hydrogen-bond donors (Lipinski definition) is 1. The first-order valence-corrected chi connectivity index (χ1v) is 7.89. The predicted octanol–water partition coefficient (Wildman–Crippen LogP) is 2.25. The Morgan fingerprint density at radius 3 is 2.86 bits per heavy atom. The molecule has 0 radical (unpaired) electrons. The van der Waals surface area contributed by atoms with Gasteiger partial charge in [0.05, 0.1) is 0 Å². The van der Waals surface area contributed by atoms with Gasteiger partial charge < -0.3 is 15.1 Å². The summed E-state index contributed by atoms with van der Waals surface area (Å²) in [7, 11) is 6.30. The average molecular weight is 314 g/mol. The SMILES string of the molecule is CNC(Cc1cc(F)ccc1Cl)C1CN(C)CCCN1C. The molecule has 2 unspecified atom stereocenters. The Bertz CT molecular complexity index is 469. The lowest BCUT2D eigenvalue weighted by atomic mass is 9.98. The molecule has 1 fully saturated rings. The highest BCUT2D eigenvalue weighted by molar-refractivity contribution is 6.31. The van der Waals surface area contributed by atoms with Gasteiger partial charge in [-0.25, -0.2) is 4.39 Å². The lowest BCUT2D eigenvalue weighted by molar-refractivity contribution is 0.181. The second kappa shape index (κ2) is 7.54. The van der Waals surface area contributed by atoms with Crippen molar-refractivity contribution in [2.45, 2.75) is 24.9 Å². The third-order valence-electron chi connectivity index (χ3n) is 4.40. The van der Waals surface area contributed by atoms with Gasteiger partial charge in [-0.2, -0.15) is 0 Å². The summed E-state index contributed by atoms with van der Waals surface area (Å²) in [4.78, 5) is 4.77. The zero-order chi connectivity index (χ0) is 15.4. The van der Waals surface area contributed by atoms with Crippen LogP contribution in [0.15, 0.2) is 18.2 Å². The van der Waals surface area contributed by atoms with Crippen molar-refractivity contribution in [3.05, 3.63) is 34.6 Å². The van der Waals surface area contributed by atoms with E-state index >= 15 is 0 Å². The second-order valence-corrected chi connectivity index (χ2v) is 6.41. The second-order valence-electron chi connectivity index (χ2n) is 6.00. The largest absolute Gasteiger partial charge is 0.315 e. The molecule has 0 aliphatic carbocycles. The number of hydrogen-bond acceptors (Lipinski definition) is 3. The minimum absolute atomic E-state index is 0.226. The molecule has 1 aromatic rings. The lowest BCUT2D eigenvalue weighted by Crippen LogP contribution is -2.52. The number of benzene rings is 1. The molecule has 2 rings (SSSR count). The van der Waals surface area contributed by atoms with E-state index < -0.39 is 0 Å². The van der Waals surface area contributed by atoms with Gasteiger partial charge in [-0.05, 0) is 70.8 Å². The first kappa shape index (κ1) is 16.7. The van der Waals surface area contributed by atoms with Gasteiger partial charge in [0.1, 0.15) is 5.82 Å². The molecule has 118 valence electrons. The van der Waals surface area contributed by atoms with Crippen LogP contribution in [0.1, 0.15) is 12.0 Å². The summed E-state index contributed by atoms with van der Waals surface area (Å²) < 4.78 is 13.4. The van der Waals surface area contributed by atoms with Crippen LogP contribution in [-0.2, 0) is 6.42 Å². The molecule has 0 amide bonds. The summed E-state index contributed by atoms with van der Waals surface area (Å²) in [6.45, 7) is 3.22. The Morgan fingerprint density at radius 2 is 2.14 bits per heavy atom. The van der Waals surface area contributed by atoms with Gasteiger partial charge in [0.15, 0.2) is 0 Å². The monoisotopic (exact) mass is 313 g/mol. The molecule has 21 heavy (non-hydrogen) atoms. The van der Waals surface area contributed by atoms with Crippen molar-refractivity contribution in [3.63, 3.8) is 0 Å². The molecule has 1 heterocycles. The fourth-order valence-electron chi connectivity index (χ4n) is 3.11. The normalized spacial score (nSPS) is 23.0. The Labute approximate surface area is 132 Å². The van der Waals surface area contributed by atoms with E-state index in [-0.39, 0.29) is 11.9 Å². The smallest absolute Gasteiger partial charge is 0.123 e. The Balaban J connectivity index is 2.16. The van der Waals surface area contributed by atoms with Crippen LogP contribution in [0.4, 0.5) is 4.39 Å². The minimum Gasteiger partial charge on any atom is -0.315 e. The molecule has 5 heteroatoms. The fraction of sp³-hybridized carbons (Fsp3) is 0.625. The Kier molecular flexibility index (Phi) is 5.99. The van der Waals surface area contributed by atoms with E-state index in [4.69, 9.17) is 11.6 Å². The van der Waals surface area contributed by atoms with Crippen molar-refractivity contribution in [2.75, 3.05) is 40.8 Å². The van der Waals surface area contributed by atoms with Crippen LogP contribution in [0, 0.1) is 5.82 Å². The van der Waals surface area contributed by atoms with Crippen LogP contribution in [0.2, 0.25) is 5.02 Å². The first-order valence-electron chi connectivity index (χ1n) is 7.51. The van der Waals surface area contributed by atoms with Gasteiger partial charge in [-0.3, -0.25) is 0 Å². The van der Waals surface area contributed by atoms with Crippen molar-refractivity contribution in [3.8, 4) is 0 Å².